The molecule has 1 atom stereocenters. The summed E-state index contributed by atoms with van der Waals surface area (Å²) in [7, 11) is 1.61. The van der Waals surface area contributed by atoms with Gasteiger partial charge in [0.25, 0.3) is 0 Å². The molecule has 0 radical (unpaired) electrons. The topological polar surface area (TPSA) is 76.5 Å². The Hall–Kier alpha value is -3.80. The number of rotatable bonds is 7. The summed E-state index contributed by atoms with van der Waals surface area (Å²) in [5.41, 5.74) is 2.15. The lowest BCUT2D eigenvalue weighted by molar-refractivity contribution is 0.310. The number of hydrogen-bond acceptors (Lipinski definition) is 6. The van der Waals surface area contributed by atoms with E-state index in [2.05, 4.69) is 15.3 Å². The van der Waals surface area contributed by atoms with Gasteiger partial charge in [-0.25, -0.2) is 4.98 Å². The number of methoxy groups -OCH3 is 1. The molecule has 0 saturated heterocycles. The molecule has 2 heterocycles. The van der Waals surface area contributed by atoms with Crippen molar-refractivity contribution in [3.8, 4) is 17.2 Å². The molecular weight excluding hydrogens is 378 g/mol. The van der Waals surface area contributed by atoms with Gasteiger partial charge >= 0.3 is 0 Å². The zero-order chi connectivity index (χ0) is 20.9. The highest BCUT2D eigenvalue weighted by molar-refractivity contribution is 5.86. The lowest BCUT2D eigenvalue weighted by Gasteiger charge is -2.23. The number of benzene rings is 2. The smallest absolute Gasteiger partial charge is 0.161 e. The number of nitrogens with one attached hydrogen (secondary N) is 1. The second-order valence-electron chi connectivity index (χ2n) is 6.71. The van der Waals surface area contributed by atoms with Crippen LogP contribution in [0.3, 0.4) is 0 Å². The number of pyridine rings is 2. The molecular formula is C24H23N3O3. The van der Waals surface area contributed by atoms with E-state index in [1.807, 2.05) is 67.6 Å². The highest BCUT2D eigenvalue weighted by Crippen LogP contribution is 2.39. The van der Waals surface area contributed by atoms with Crippen LogP contribution in [0.4, 0.5) is 5.82 Å². The predicted molar refractivity (Wildman–Crippen MR) is 117 cm³/mol. The van der Waals surface area contributed by atoms with Gasteiger partial charge in [-0.2, -0.15) is 0 Å². The van der Waals surface area contributed by atoms with E-state index >= 15 is 0 Å². The van der Waals surface area contributed by atoms with Crippen LogP contribution in [-0.4, -0.2) is 28.8 Å². The van der Waals surface area contributed by atoms with Crippen LogP contribution < -0.4 is 14.8 Å². The number of anilines is 1. The van der Waals surface area contributed by atoms with Gasteiger partial charge in [0.2, 0.25) is 0 Å². The second kappa shape index (κ2) is 8.69. The maximum atomic E-state index is 11.1. The van der Waals surface area contributed by atoms with E-state index in [1.165, 1.54) is 0 Å². The molecule has 0 bridgehead atoms. The number of ether oxygens (including phenoxy) is 2. The summed E-state index contributed by atoms with van der Waals surface area (Å²) in [4.78, 5) is 8.75. The molecule has 0 unspecified atom stereocenters. The molecule has 152 valence electrons. The minimum absolute atomic E-state index is 0.135. The molecule has 2 N–H and O–H groups in total. The Bertz CT molecular complexity index is 1150. The molecule has 0 amide bonds. The quantitative estimate of drug-likeness (QED) is 0.457. The van der Waals surface area contributed by atoms with Crippen LogP contribution >= 0.6 is 0 Å². The molecule has 0 aliphatic rings. The third-order valence-electron chi connectivity index (χ3n) is 4.87. The van der Waals surface area contributed by atoms with Crippen molar-refractivity contribution in [2.75, 3.05) is 19.0 Å². The van der Waals surface area contributed by atoms with Gasteiger partial charge in [0, 0.05) is 23.3 Å². The first kappa shape index (κ1) is 19.5. The van der Waals surface area contributed by atoms with Gasteiger partial charge in [-0.05, 0) is 42.8 Å². The molecule has 30 heavy (non-hydrogen) atoms. The van der Waals surface area contributed by atoms with Crippen LogP contribution in [0.1, 0.15) is 24.1 Å². The molecule has 0 fully saturated rings. The summed E-state index contributed by atoms with van der Waals surface area (Å²) in [6.45, 7) is 2.44. The maximum absolute atomic E-state index is 11.1. The Balaban J connectivity index is 1.85. The first-order chi connectivity index (χ1) is 14.7. The fourth-order valence-electron chi connectivity index (χ4n) is 3.46. The SMILES string of the molecule is CCOc1cc([C@@H](Nc2ccccn2)c2ccc3cccnc3c2O)ccc1OC. The number of phenols is 1. The first-order valence-electron chi connectivity index (χ1n) is 9.76. The molecule has 4 rings (SSSR count). The van der Waals surface area contributed by atoms with Crippen LogP contribution in [0.2, 0.25) is 0 Å². The molecule has 2 aromatic carbocycles. The largest absolute Gasteiger partial charge is 0.505 e. The van der Waals surface area contributed by atoms with E-state index in [4.69, 9.17) is 9.47 Å². The van der Waals surface area contributed by atoms with E-state index in [9.17, 15) is 5.11 Å². The zero-order valence-corrected chi connectivity index (χ0v) is 16.9. The highest BCUT2D eigenvalue weighted by atomic mass is 16.5. The van der Waals surface area contributed by atoms with E-state index in [0.717, 1.165) is 10.9 Å². The molecule has 0 aliphatic carbocycles. The van der Waals surface area contributed by atoms with Gasteiger partial charge in [0.1, 0.15) is 17.1 Å². The third-order valence-corrected chi connectivity index (χ3v) is 4.87. The number of aromatic hydroxyl groups is 1. The average Bonchev–Trinajstić information content (AvgIpc) is 2.79. The van der Waals surface area contributed by atoms with Crippen molar-refractivity contribution >= 4 is 16.7 Å². The molecule has 6 heteroatoms. The fourth-order valence-corrected chi connectivity index (χ4v) is 3.46. The van der Waals surface area contributed by atoms with Crippen molar-refractivity contribution in [1.82, 2.24) is 9.97 Å². The molecule has 0 aliphatic heterocycles. The van der Waals surface area contributed by atoms with Crippen molar-refractivity contribution in [1.29, 1.82) is 0 Å². The van der Waals surface area contributed by atoms with E-state index < -0.39 is 0 Å². The fraction of sp³-hybridized carbons (Fsp3) is 0.167. The van der Waals surface area contributed by atoms with Crippen molar-refractivity contribution in [2.24, 2.45) is 0 Å². The summed E-state index contributed by atoms with van der Waals surface area (Å²) in [5.74, 6) is 2.12. The molecule has 4 aromatic rings. The van der Waals surface area contributed by atoms with Crippen LogP contribution in [0.15, 0.2) is 73.1 Å². The number of hydrogen-bond donors (Lipinski definition) is 2. The lowest BCUT2D eigenvalue weighted by atomic mass is 9.95. The van der Waals surface area contributed by atoms with Gasteiger partial charge < -0.3 is 19.9 Å². The van der Waals surface area contributed by atoms with Crippen LogP contribution in [0, 0.1) is 0 Å². The Morgan fingerprint density at radius 3 is 2.60 bits per heavy atom. The number of phenolic OH excluding ortho intramolecular Hbond substituents is 1. The van der Waals surface area contributed by atoms with Crippen molar-refractivity contribution in [3.05, 3.63) is 84.2 Å². The Kier molecular flexibility index (Phi) is 5.66. The monoisotopic (exact) mass is 401 g/mol. The summed E-state index contributed by atoms with van der Waals surface area (Å²) in [5, 5.41) is 15.4. The summed E-state index contributed by atoms with van der Waals surface area (Å²) in [6, 6.07) is 18.6. The van der Waals surface area contributed by atoms with Gasteiger partial charge in [-0.1, -0.05) is 30.3 Å². The van der Waals surface area contributed by atoms with Gasteiger partial charge in [-0.3, -0.25) is 4.98 Å². The number of fused-ring (bicyclic) bond motifs is 1. The highest BCUT2D eigenvalue weighted by Gasteiger charge is 2.22. The minimum atomic E-state index is -0.378. The van der Waals surface area contributed by atoms with Gasteiger partial charge in [0.05, 0.1) is 19.8 Å². The maximum Gasteiger partial charge on any atom is 0.161 e. The van der Waals surface area contributed by atoms with E-state index in [0.29, 0.717) is 35.0 Å². The third kappa shape index (κ3) is 3.85. The number of nitrogens with zero attached hydrogens (tertiary/aromatic N) is 2. The molecule has 2 aromatic heterocycles. The van der Waals surface area contributed by atoms with Crippen LogP contribution in [-0.2, 0) is 0 Å². The van der Waals surface area contributed by atoms with Crippen molar-refractivity contribution < 1.29 is 14.6 Å². The average molecular weight is 401 g/mol. The predicted octanol–water partition coefficient (Wildman–Crippen LogP) is 4.94. The lowest BCUT2D eigenvalue weighted by Crippen LogP contribution is -2.14. The summed E-state index contributed by atoms with van der Waals surface area (Å²) in [6.07, 6.45) is 3.40. The first-order valence-corrected chi connectivity index (χ1v) is 9.76. The molecule has 0 spiro atoms. The van der Waals surface area contributed by atoms with Crippen LogP contribution in [0.5, 0.6) is 17.2 Å². The van der Waals surface area contributed by atoms with Crippen molar-refractivity contribution in [3.63, 3.8) is 0 Å². The standard InChI is InChI=1S/C24H23N3O3/c1-3-30-20-15-17(10-12-19(20)29-2)22(27-21-8-4-5-13-25-21)18-11-9-16-7-6-14-26-23(16)24(18)28/h4-15,22,28H,3H2,1-2H3,(H,25,27)/t22-/m1/s1. The van der Waals surface area contributed by atoms with Gasteiger partial charge in [-0.15, -0.1) is 0 Å². The number of aromatic nitrogens is 2. The Labute approximate surface area is 175 Å². The zero-order valence-electron chi connectivity index (χ0n) is 16.9. The Morgan fingerprint density at radius 1 is 0.967 bits per heavy atom. The van der Waals surface area contributed by atoms with Gasteiger partial charge in [0.15, 0.2) is 11.5 Å². The Morgan fingerprint density at radius 2 is 1.83 bits per heavy atom. The summed E-state index contributed by atoms with van der Waals surface area (Å²) < 4.78 is 11.2. The molecule has 0 saturated carbocycles. The summed E-state index contributed by atoms with van der Waals surface area (Å²) >= 11 is 0. The normalized spacial score (nSPS) is 11.8. The van der Waals surface area contributed by atoms with Crippen molar-refractivity contribution in [2.45, 2.75) is 13.0 Å². The van der Waals surface area contributed by atoms with Crippen LogP contribution in [0.25, 0.3) is 10.9 Å². The van der Waals surface area contributed by atoms with E-state index in [1.54, 1.807) is 19.5 Å². The minimum Gasteiger partial charge on any atom is -0.505 e. The van der Waals surface area contributed by atoms with E-state index in [-0.39, 0.29) is 11.8 Å². The molecule has 6 nitrogen and oxygen atoms in total. The second-order valence-corrected chi connectivity index (χ2v) is 6.71.